The first-order chi connectivity index (χ1) is 8.28. The van der Waals surface area contributed by atoms with Gasteiger partial charge in [0.2, 0.25) is 0 Å². The van der Waals surface area contributed by atoms with Gasteiger partial charge < -0.3 is 0 Å². The van der Waals surface area contributed by atoms with Gasteiger partial charge in [-0.2, -0.15) is 0 Å². The van der Waals surface area contributed by atoms with Gasteiger partial charge in [-0.25, -0.2) is 0 Å². The Balaban J connectivity index is 0.000000437. The molecule has 0 amide bonds. The summed E-state index contributed by atoms with van der Waals surface area (Å²) in [6.45, 7) is 10.4. The Kier molecular flexibility index (Phi) is 6.32. The van der Waals surface area contributed by atoms with E-state index in [-0.39, 0.29) is 0 Å². The lowest BCUT2D eigenvalue weighted by molar-refractivity contribution is 0.432. The molecule has 1 atom stereocenters. The zero-order chi connectivity index (χ0) is 12.7. The van der Waals surface area contributed by atoms with Gasteiger partial charge in [-0.1, -0.05) is 39.0 Å². The van der Waals surface area contributed by atoms with Crippen LogP contribution in [0.3, 0.4) is 0 Å². The van der Waals surface area contributed by atoms with Gasteiger partial charge in [0.05, 0.1) is 0 Å². The molecule has 0 aromatic carbocycles. The summed E-state index contributed by atoms with van der Waals surface area (Å²) in [7, 11) is 0. The summed E-state index contributed by atoms with van der Waals surface area (Å²) < 4.78 is 0. The number of hydrogen-bond donors (Lipinski definition) is 0. The average molecular weight is 232 g/mol. The van der Waals surface area contributed by atoms with Crippen LogP contribution in [0.4, 0.5) is 0 Å². The van der Waals surface area contributed by atoms with E-state index >= 15 is 0 Å². The fourth-order valence-corrected chi connectivity index (χ4v) is 3.02. The van der Waals surface area contributed by atoms with Gasteiger partial charge in [-0.05, 0) is 68.1 Å². The third-order valence-corrected chi connectivity index (χ3v) is 3.69. The summed E-state index contributed by atoms with van der Waals surface area (Å²) in [4.78, 5) is 0. The Labute approximate surface area is 108 Å². The van der Waals surface area contributed by atoms with Gasteiger partial charge in [0.15, 0.2) is 0 Å². The number of hydrogen-bond acceptors (Lipinski definition) is 0. The van der Waals surface area contributed by atoms with Gasteiger partial charge in [-0.15, -0.1) is 0 Å². The molecule has 17 heavy (non-hydrogen) atoms. The predicted molar refractivity (Wildman–Crippen MR) is 78.1 cm³/mol. The molecule has 2 aliphatic carbocycles. The van der Waals surface area contributed by atoms with Crippen molar-refractivity contribution in [3.05, 3.63) is 35.5 Å². The number of fused-ring (bicyclic) bond motifs is 1. The topological polar surface area (TPSA) is 0 Å². The number of rotatable bonds is 1. The Morgan fingerprint density at radius 3 is 2.29 bits per heavy atom. The molecule has 0 N–H and O–H groups in total. The molecule has 0 spiro atoms. The lowest BCUT2D eigenvalue weighted by Gasteiger charge is -2.33. The first kappa shape index (κ1) is 14.3. The normalized spacial score (nSPS) is 26.1. The van der Waals surface area contributed by atoms with E-state index in [0.717, 1.165) is 5.92 Å². The zero-order valence-electron chi connectivity index (χ0n) is 11.9. The highest BCUT2D eigenvalue weighted by molar-refractivity contribution is 5.43. The van der Waals surface area contributed by atoms with Crippen molar-refractivity contribution in [2.75, 3.05) is 0 Å². The fourth-order valence-electron chi connectivity index (χ4n) is 3.02. The first-order valence-corrected chi connectivity index (χ1v) is 7.29. The van der Waals surface area contributed by atoms with Crippen LogP contribution >= 0.6 is 0 Å². The highest BCUT2D eigenvalue weighted by Crippen LogP contribution is 2.43. The van der Waals surface area contributed by atoms with Crippen LogP contribution in [-0.4, -0.2) is 0 Å². The Bertz CT molecular complexity index is 304. The maximum absolute atomic E-state index is 3.96. The maximum atomic E-state index is 3.96. The van der Waals surface area contributed by atoms with Crippen LogP contribution in [0.25, 0.3) is 0 Å². The lowest BCUT2D eigenvalue weighted by atomic mass is 9.72. The van der Waals surface area contributed by atoms with Gasteiger partial charge >= 0.3 is 0 Å². The lowest BCUT2D eigenvalue weighted by Crippen LogP contribution is -2.17. The molecule has 0 aromatic rings. The smallest absolute Gasteiger partial charge is 0.0156 e. The summed E-state index contributed by atoms with van der Waals surface area (Å²) in [5.41, 5.74) is 4.81. The van der Waals surface area contributed by atoms with E-state index in [1.807, 2.05) is 0 Å². The summed E-state index contributed by atoms with van der Waals surface area (Å²) in [6, 6.07) is 0. The van der Waals surface area contributed by atoms with Gasteiger partial charge in [-0.3, -0.25) is 0 Å². The van der Waals surface area contributed by atoms with Crippen LogP contribution in [0.5, 0.6) is 0 Å². The van der Waals surface area contributed by atoms with Crippen molar-refractivity contribution in [3.8, 4) is 0 Å². The first-order valence-electron chi connectivity index (χ1n) is 7.29. The molecule has 2 aliphatic rings. The highest BCUT2D eigenvalue weighted by atomic mass is 14.3. The van der Waals surface area contributed by atoms with Gasteiger partial charge in [0.1, 0.15) is 0 Å². The summed E-state index contributed by atoms with van der Waals surface area (Å²) >= 11 is 0. The van der Waals surface area contributed by atoms with E-state index in [1.165, 1.54) is 50.5 Å². The third-order valence-electron chi connectivity index (χ3n) is 3.69. The molecular weight excluding hydrogens is 204 g/mol. The molecular formula is C17H28. The molecule has 0 nitrogen and oxygen atoms in total. The van der Waals surface area contributed by atoms with Crippen LogP contribution in [0.1, 0.15) is 65.7 Å². The molecule has 0 heteroatoms. The minimum Gasteiger partial charge on any atom is -0.0988 e. The minimum absolute atomic E-state index is 0.858. The molecule has 0 aliphatic heterocycles. The summed E-state index contributed by atoms with van der Waals surface area (Å²) in [5, 5.41) is 0. The minimum atomic E-state index is 0.858. The van der Waals surface area contributed by atoms with Crippen LogP contribution in [0.15, 0.2) is 35.5 Å². The van der Waals surface area contributed by atoms with Gasteiger partial charge in [0.25, 0.3) is 0 Å². The quantitative estimate of drug-likeness (QED) is 0.534. The van der Waals surface area contributed by atoms with Crippen molar-refractivity contribution >= 4 is 0 Å². The van der Waals surface area contributed by atoms with E-state index in [1.54, 1.807) is 11.1 Å². The maximum Gasteiger partial charge on any atom is -0.0156 e. The Morgan fingerprint density at radius 2 is 1.76 bits per heavy atom. The highest BCUT2D eigenvalue weighted by Gasteiger charge is 2.26. The second-order valence-corrected chi connectivity index (χ2v) is 5.15. The molecule has 0 heterocycles. The van der Waals surface area contributed by atoms with Crippen molar-refractivity contribution in [3.63, 3.8) is 0 Å². The second kappa shape index (κ2) is 7.53. The summed E-state index contributed by atoms with van der Waals surface area (Å²) in [5.74, 6) is 0.858. The van der Waals surface area contributed by atoms with Crippen LogP contribution in [-0.2, 0) is 0 Å². The summed E-state index contributed by atoms with van der Waals surface area (Å²) in [6.07, 6.45) is 13.8. The van der Waals surface area contributed by atoms with Crippen LogP contribution in [0, 0.1) is 5.92 Å². The molecule has 0 aromatic heterocycles. The Morgan fingerprint density at radius 1 is 1.18 bits per heavy atom. The van der Waals surface area contributed by atoms with E-state index in [4.69, 9.17) is 0 Å². The monoisotopic (exact) mass is 232 g/mol. The van der Waals surface area contributed by atoms with Crippen molar-refractivity contribution in [1.82, 2.24) is 0 Å². The van der Waals surface area contributed by atoms with Crippen molar-refractivity contribution < 1.29 is 0 Å². The molecule has 0 bridgehead atoms. The standard InChI is InChI=1S/C14H20.C3H8/c1-3-11-7-5-9-13-10-6-8-12(4-2)14(11)13;1-3-2/h3-4,13H,1,5-10H2,2H3;3H2,1-2H3/b12-4-;. The molecule has 1 unspecified atom stereocenters. The predicted octanol–water partition coefficient (Wildman–Crippen LogP) is 5.82. The molecule has 2 rings (SSSR count). The van der Waals surface area contributed by atoms with Gasteiger partial charge in [0, 0.05) is 0 Å². The fraction of sp³-hybridized carbons (Fsp3) is 0.647. The van der Waals surface area contributed by atoms with Crippen LogP contribution in [0.2, 0.25) is 0 Å². The Hall–Kier alpha value is -0.780. The molecule has 0 radical (unpaired) electrons. The zero-order valence-corrected chi connectivity index (χ0v) is 11.9. The SMILES string of the molecule is C=CC1=C2/C(=C\C)CCCC2CCC1.CCC. The van der Waals surface area contributed by atoms with Crippen molar-refractivity contribution in [2.24, 2.45) is 5.92 Å². The molecule has 1 fully saturated rings. The van der Waals surface area contributed by atoms with Crippen molar-refractivity contribution in [2.45, 2.75) is 65.7 Å². The van der Waals surface area contributed by atoms with Crippen LogP contribution < -0.4 is 0 Å². The average Bonchev–Trinajstić information content (AvgIpc) is 2.38. The molecule has 96 valence electrons. The van der Waals surface area contributed by atoms with E-state index in [2.05, 4.69) is 39.5 Å². The third kappa shape index (κ3) is 3.59. The van der Waals surface area contributed by atoms with E-state index in [9.17, 15) is 0 Å². The van der Waals surface area contributed by atoms with E-state index < -0.39 is 0 Å². The number of allylic oxidation sites excluding steroid dienone is 5. The largest absolute Gasteiger partial charge is 0.0988 e. The molecule has 1 saturated carbocycles. The molecule has 0 saturated heterocycles. The van der Waals surface area contributed by atoms with E-state index in [0.29, 0.717) is 0 Å². The second-order valence-electron chi connectivity index (χ2n) is 5.15. The van der Waals surface area contributed by atoms with Crippen molar-refractivity contribution in [1.29, 1.82) is 0 Å².